The molecule has 4 aromatic rings. The Labute approximate surface area is 225 Å². The molecule has 0 fully saturated rings. The fraction of sp³-hybridized carbons (Fsp3) is 0.179. The number of benzene rings is 2. The van der Waals surface area contributed by atoms with Crippen LogP contribution in [-0.2, 0) is 9.53 Å². The lowest BCUT2D eigenvalue weighted by molar-refractivity contribution is -0.139. The molecule has 1 unspecified atom stereocenters. The molecule has 1 aliphatic heterocycles. The average Bonchev–Trinajstić information content (AvgIpc) is 3.49. The van der Waals surface area contributed by atoms with Crippen LogP contribution in [0.1, 0.15) is 31.2 Å². The van der Waals surface area contributed by atoms with E-state index in [1.807, 2.05) is 54.6 Å². The quantitative estimate of drug-likeness (QED) is 0.306. The molecule has 0 aliphatic carbocycles. The monoisotopic (exact) mass is 578 g/mol. The zero-order valence-electron chi connectivity index (χ0n) is 20.4. The summed E-state index contributed by atoms with van der Waals surface area (Å²) in [5.74, 6) is 1.28. The molecule has 0 amide bonds. The Morgan fingerprint density at radius 3 is 2.54 bits per heavy atom. The molecule has 0 saturated heterocycles. The molecule has 1 atom stereocenters. The first kappa shape index (κ1) is 25.0. The summed E-state index contributed by atoms with van der Waals surface area (Å²) < 4.78 is 19.8. The Morgan fingerprint density at radius 1 is 1.14 bits per heavy atom. The van der Waals surface area contributed by atoms with E-state index in [0.29, 0.717) is 26.6 Å². The maximum Gasteiger partial charge on any atom is 0.338 e. The fourth-order valence-electron chi connectivity index (χ4n) is 4.18. The van der Waals surface area contributed by atoms with E-state index in [1.54, 1.807) is 33.1 Å². The molecule has 0 radical (unpaired) electrons. The molecule has 5 rings (SSSR count). The van der Waals surface area contributed by atoms with Gasteiger partial charge in [0, 0.05) is 10.0 Å². The molecule has 0 bridgehead atoms. The zero-order valence-corrected chi connectivity index (χ0v) is 22.8. The van der Waals surface area contributed by atoms with Gasteiger partial charge in [-0.25, -0.2) is 9.79 Å². The van der Waals surface area contributed by atoms with Gasteiger partial charge in [0.1, 0.15) is 23.3 Å². The highest BCUT2D eigenvalue weighted by atomic mass is 79.9. The Morgan fingerprint density at radius 2 is 1.86 bits per heavy atom. The number of thiazole rings is 1. The molecular formula is C28H23BrN2O5S. The highest BCUT2D eigenvalue weighted by molar-refractivity contribution is 9.10. The van der Waals surface area contributed by atoms with Gasteiger partial charge in [0.2, 0.25) is 0 Å². The summed E-state index contributed by atoms with van der Waals surface area (Å²) in [6.07, 6.45) is 1.80. The molecule has 3 heterocycles. The van der Waals surface area contributed by atoms with Crippen LogP contribution in [0.4, 0.5) is 0 Å². The standard InChI is InChI=1S/C28H23BrN2O5S/c1-4-35-27(33)24-16(2)30-28-31(26(32)23(37-28)15-17-5-11-20(34-3)12-6-17)25(24)22-14-13-21(36-22)18-7-9-19(29)10-8-18/h5-15,25H,4H2,1-3H3/b23-15-. The van der Waals surface area contributed by atoms with Crippen molar-refractivity contribution in [2.75, 3.05) is 13.7 Å². The maximum absolute atomic E-state index is 13.7. The van der Waals surface area contributed by atoms with E-state index in [1.165, 1.54) is 15.9 Å². The Balaban J connectivity index is 1.66. The number of allylic oxidation sites excluding steroid dienone is 1. The number of carbonyl (C=O) groups is 1. The van der Waals surface area contributed by atoms with Crippen LogP contribution in [-0.4, -0.2) is 24.3 Å². The van der Waals surface area contributed by atoms with Crippen LogP contribution in [0.15, 0.2) is 90.6 Å². The number of methoxy groups -OCH3 is 1. The Kier molecular flexibility index (Phi) is 6.99. The normalized spacial score (nSPS) is 15.4. The molecule has 2 aromatic heterocycles. The largest absolute Gasteiger partial charge is 0.497 e. The van der Waals surface area contributed by atoms with Gasteiger partial charge in [0.15, 0.2) is 4.80 Å². The first-order chi connectivity index (χ1) is 17.9. The van der Waals surface area contributed by atoms with Crippen LogP contribution in [0.5, 0.6) is 5.75 Å². The summed E-state index contributed by atoms with van der Waals surface area (Å²) in [4.78, 5) is 31.9. The first-order valence-corrected chi connectivity index (χ1v) is 13.2. The van der Waals surface area contributed by atoms with Crippen molar-refractivity contribution >= 4 is 39.3 Å². The van der Waals surface area contributed by atoms with Gasteiger partial charge in [-0.1, -0.05) is 51.5 Å². The van der Waals surface area contributed by atoms with Gasteiger partial charge in [-0.15, -0.1) is 0 Å². The summed E-state index contributed by atoms with van der Waals surface area (Å²) in [5.41, 5.74) is 2.23. The lowest BCUT2D eigenvalue weighted by Gasteiger charge is -2.22. The van der Waals surface area contributed by atoms with Crippen molar-refractivity contribution in [1.82, 2.24) is 4.57 Å². The molecule has 37 heavy (non-hydrogen) atoms. The van der Waals surface area contributed by atoms with E-state index in [2.05, 4.69) is 20.9 Å². The van der Waals surface area contributed by atoms with Crippen LogP contribution < -0.4 is 19.6 Å². The average molecular weight is 579 g/mol. The topological polar surface area (TPSA) is 83.0 Å². The number of halogens is 1. The number of rotatable bonds is 6. The third kappa shape index (κ3) is 4.84. The third-order valence-corrected chi connectivity index (χ3v) is 7.47. The van der Waals surface area contributed by atoms with E-state index in [9.17, 15) is 9.59 Å². The minimum absolute atomic E-state index is 0.201. The van der Waals surface area contributed by atoms with Crippen LogP contribution in [0.3, 0.4) is 0 Å². The highest BCUT2D eigenvalue weighted by Gasteiger charge is 2.35. The summed E-state index contributed by atoms with van der Waals surface area (Å²) in [5, 5.41) is 0. The van der Waals surface area contributed by atoms with Gasteiger partial charge < -0.3 is 13.9 Å². The lowest BCUT2D eigenvalue weighted by atomic mass is 10.0. The van der Waals surface area contributed by atoms with Crippen molar-refractivity contribution in [3.8, 4) is 17.1 Å². The van der Waals surface area contributed by atoms with Crippen molar-refractivity contribution in [3.05, 3.63) is 107 Å². The number of fused-ring (bicyclic) bond motifs is 1. The molecule has 0 N–H and O–H groups in total. The number of furan rings is 1. The second-order valence-corrected chi connectivity index (χ2v) is 10.2. The van der Waals surface area contributed by atoms with Gasteiger partial charge in [0.25, 0.3) is 5.56 Å². The first-order valence-electron chi connectivity index (χ1n) is 11.6. The predicted molar refractivity (Wildman–Crippen MR) is 145 cm³/mol. The molecule has 188 valence electrons. The van der Waals surface area contributed by atoms with Gasteiger partial charge in [-0.05, 0) is 61.9 Å². The summed E-state index contributed by atoms with van der Waals surface area (Å²) in [6, 6.07) is 18.0. The van der Waals surface area contributed by atoms with E-state index in [0.717, 1.165) is 21.3 Å². The molecule has 0 saturated carbocycles. The number of carbonyl (C=O) groups excluding carboxylic acids is 1. The van der Waals surface area contributed by atoms with E-state index in [-0.39, 0.29) is 17.7 Å². The number of ether oxygens (including phenoxy) is 2. The number of esters is 1. The van der Waals surface area contributed by atoms with E-state index >= 15 is 0 Å². The molecule has 7 nitrogen and oxygen atoms in total. The third-order valence-electron chi connectivity index (χ3n) is 5.96. The predicted octanol–water partition coefficient (Wildman–Crippen LogP) is 4.83. The number of aromatic nitrogens is 1. The number of nitrogens with zero attached hydrogens (tertiary/aromatic N) is 2. The lowest BCUT2D eigenvalue weighted by Crippen LogP contribution is -2.39. The van der Waals surface area contributed by atoms with Crippen LogP contribution in [0, 0.1) is 0 Å². The van der Waals surface area contributed by atoms with Crippen molar-refractivity contribution in [2.45, 2.75) is 19.9 Å². The summed E-state index contributed by atoms with van der Waals surface area (Å²) in [6.45, 7) is 3.69. The summed E-state index contributed by atoms with van der Waals surface area (Å²) in [7, 11) is 1.60. The van der Waals surface area contributed by atoms with Crippen LogP contribution in [0.2, 0.25) is 0 Å². The second kappa shape index (κ2) is 10.4. The fourth-order valence-corrected chi connectivity index (χ4v) is 5.49. The van der Waals surface area contributed by atoms with Crippen molar-refractivity contribution < 1.29 is 18.7 Å². The number of hydrogen-bond acceptors (Lipinski definition) is 7. The Hall–Kier alpha value is -3.69. The van der Waals surface area contributed by atoms with Crippen LogP contribution in [0.25, 0.3) is 17.4 Å². The van der Waals surface area contributed by atoms with E-state index < -0.39 is 12.0 Å². The molecule has 1 aliphatic rings. The molecular weight excluding hydrogens is 556 g/mol. The van der Waals surface area contributed by atoms with E-state index in [4.69, 9.17) is 13.9 Å². The minimum Gasteiger partial charge on any atom is -0.497 e. The molecule has 9 heteroatoms. The Bertz CT molecular complexity index is 1680. The van der Waals surface area contributed by atoms with Gasteiger partial charge in [-0.3, -0.25) is 9.36 Å². The molecule has 0 spiro atoms. The van der Waals surface area contributed by atoms with Crippen molar-refractivity contribution in [3.63, 3.8) is 0 Å². The van der Waals surface area contributed by atoms with Gasteiger partial charge in [-0.2, -0.15) is 0 Å². The SMILES string of the molecule is CCOC(=O)C1=C(C)N=c2s/c(=C\c3ccc(OC)cc3)c(=O)n2C1c1ccc(-c2ccc(Br)cc2)o1. The van der Waals surface area contributed by atoms with Crippen molar-refractivity contribution in [2.24, 2.45) is 4.99 Å². The zero-order chi connectivity index (χ0) is 26.1. The summed E-state index contributed by atoms with van der Waals surface area (Å²) >= 11 is 4.71. The van der Waals surface area contributed by atoms with Gasteiger partial charge in [0.05, 0.1) is 29.5 Å². The highest BCUT2D eigenvalue weighted by Crippen LogP contribution is 2.34. The minimum atomic E-state index is -0.808. The van der Waals surface area contributed by atoms with Crippen molar-refractivity contribution in [1.29, 1.82) is 0 Å². The van der Waals surface area contributed by atoms with Crippen LogP contribution >= 0.6 is 27.3 Å². The number of hydrogen-bond donors (Lipinski definition) is 0. The second-order valence-electron chi connectivity index (χ2n) is 8.28. The maximum atomic E-state index is 13.7. The van der Waals surface area contributed by atoms with Gasteiger partial charge >= 0.3 is 5.97 Å². The smallest absolute Gasteiger partial charge is 0.338 e. The molecule has 2 aromatic carbocycles.